The first-order valence-electron chi connectivity index (χ1n) is 8.95. The third-order valence-corrected chi connectivity index (χ3v) is 5.31. The van der Waals surface area contributed by atoms with E-state index in [2.05, 4.69) is 30.1 Å². The Morgan fingerprint density at radius 3 is 2.37 bits per heavy atom. The van der Waals surface area contributed by atoms with Crippen molar-refractivity contribution in [3.63, 3.8) is 0 Å². The summed E-state index contributed by atoms with van der Waals surface area (Å²) >= 11 is 12.4. The van der Waals surface area contributed by atoms with Gasteiger partial charge in [-0.15, -0.1) is 0 Å². The first kappa shape index (κ1) is 19.7. The number of nitrogens with one attached hydrogen (secondary N) is 1. The molecular weight excluding hydrogens is 387 g/mol. The normalized spacial score (nSPS) is 15.1. The zero-order chi connectivity index (χ0) is 19.2. The number of piperazine rings is 1. The predicted molar refractivity (Wildman–Crippen MR) is 111 cm³/mol. The van der Waals surface area contributed by atoms with Gasteiger partial charge in [0.15, 0.2) is 0 Å². The van der Waals surface area contributed by atoms with Crippen LogP contribution in [0.1, 0.15) is 12.8 Å². The van der Waals surface area contributed by atoms with Crippen LogP contribution in [0.25, 0.3) is 0 Å². The standard InChI is InChI=1S/C17H24Cl2N8/c18-12-4-3-5-13(14(12)19)27-10-8-26(9-11-27)7-2-1-6-22-17-24-15(20)23-16(21)25-17/h3-5H,1-2,6-11H2,(H5,20,21,22,23,24,25). The van der Waals surface area contributed by atoms with Crippen LogP contribution >= 0.6 is 23.2 Å². The van der Waals surface area contributed by atoms with Gasteiger partial charge in [-0.05, 0) is 31.5 Å². The molecule has 5 N–H and O–H groups in total. The van der Waals surface area contributed by atoms with Gasteiger partial charge in [-0.25, -0.2) is 0 Å². The van der Waals surface area contributed by atoms with E-state index in [-0.39, 0.29) is 11.9 Å². The third kappa shape index (κ3) is 5.47. The second-order valence-electron chi connectivity index (χ2n) is 6.41. The second kappa shape index (κ2) is 9.25. The summed E-state index contributed by atoms with van der Waals surface area (Å²) in [5.41, 5.74) is 12.1. The van der Waals surface area contributed by atoms with Crippen LogP contribution in [0, 0.1) is 0 Å². The van der Waals surface area contributed by atoms with Gasteiger partial charge in [-0.2, -0.15) is 15.0 Å². The Hall–Kier alpha value is -2.03. The van der Waals surface area contributed by atoms with Crippen molar-refractivity contribution >= 4 is 46.7 Å². The summed E-state index contributed by atoms with van der Waals surface area (Å²) in [7, 11) is 0. The van der Waals surface area contributed by atoms with Crippen LogP contribution in [0.5, 0.6) is 0 Å². The van der Waals surface area contributed by atoms with Gasteiger partial charge >= 0.3 is 0 Å². The fourth-order valence-corrected chi connectivity index (χ4v) is 3.51. The molecule has 0 aliphatic carbocycles. The van der Waals surface area contributed by atoms with Gasteiger partial charge in [-0.3, -0.25) is 4.90 Å². The summed E-state index contributed by atoms with van der Waals surface area (Å²) in [5, 5.41) is 4.37. The summed E-state index contributed by atoms with van der Waals surface area (Å²) < 4.78 is 0. The van der Waals surface area contributed by atoms with Crippen LogP contribution in [-0.4, -0.2) is 59.1 Å². The van der Waals surface area contributed by atoms with Crippen LogP contribution in [0.3, 0.4) is 0 Å². The molecule has 0 unspecified atom stereocenters. The number of hydrogen-bond acceptors (Lipinski definition) is 8. The third-order valence-electron chi connectivity index (χ3n) is 4.50. The van der Waals surface area contributed by atoms with Crippen LogP contribution in [0.4, 0.5) is 23.5 Å². The number of nitrogen functional groups attached to an aromatic ring is 2. The van der Waals surface area contributed by atoms with Crippen LogP contribution in [0.15, 0.2) is 18.2 Å². The lowest BCUT2D eigenvalue weighted by Gasteiger charge is -2.36. The highest BCUT2D eigenvalue weighted by molar-refractivity contribution is 6.43. The number of nitrogens with zero attached hydrogens (tertiary/aromatic N) is 5. The van der Waals surface area contributed by atoms with E-state index in [1.165, 1.54) is 0 Å². The van der Waals surface area contributed by atoms with Crippen molar-refractivity contribution in [1.82, 2.24) is 19.9 Å². The molecule has 8 nitrogen and oxygen atoms in total. The van der Waals surface area contributed by atoms with Crippen molar-refractivity contribution in [3.8, 4) is 0 Å². The Kier molecular flexibility index (Phi) is 6.76. The summed E-state index contributed by atoms with van der Waals surface area (Å²) in [4.78, 5) is 16.5. The molecule has 0 amide bonds. The average Bonchev–Trinajstić information content (AvgIpc) is 2.64. The molecule has 0 atom stereocenters. The van der Waals surface area contributed by atoms with Crippen molar-refractivity contribution in [2.75, 3.05) is 61.0 Å². The molecule has 27 heavy (non-hydrogen) atoms. The van der Waals surface area contributed by atoms with E-state index < -0.39 is 0 Å². The molecule has 2 aromatic rings. The number of hydrogen-bond donors (Lipinski definition) is 3. The van der Waals surface area contributed by atoms with E-state index in [1.807, 2.05) is 18.2 Å². The van der Waals surface area contributed by atoms with E-state index in [0.29, 0.717) is 16.0 Å². The van der Waals surface area contributed by atoms with Gasteiger partial charge < -0.3 is 21.7 Å². The monoisotopic (exact) mass is 410 g/mol. The lowest BCUT2D eigenvalue weighted by Crippen LogP contribution is -2.46. The molecule has 10 heteroatoms. The van der Waals surface area contributed by atoms with E-state index >= 15 is 0 Å². The number of benzene rings is 1. The Bertz CT molecular complexity index is 744. The second-order valence-corrected chi connectivity index (χ2v) is 7.20. The minimum atomic E-state index is 0.127. The fraction of sp³-hybridized carbons (Fsp3) is 0.471. The molecular formula is C17H24Cl2N8. The molecule has 1 saturated heterocycles. The van der Waals surface area contributed by atoms with E-state index in [4.69, 9.17) is 34.7 Å². The minimum Gasteiger partial charge on any atom is -0.368 e. The van der Waals surface area contributed by atoms with Crippen molar-refractivity contribution < 1.29 is 0 Å². The zero-order valence-corrected chi connectivity index (χ0v) is 16.5. The SMILES string of the molecule is Nc1nc(N)nc(NCCCCN2CCN(c3cccc(Cl)c3Cl)CC2)n1. The first-order valence-corrected chi connectivity index (χ1v) is 9.71. The maximum absolute atomic E-state index is 6.33. The van der Waals surface area contributed by atoms with E-state index in [9.17, 15) is 0 Å². The summed E-state index contributed by atoms with van der Waals surface area (Å²) in [6, 6.07) is 5.78. The molecule has 1 aliphatic rings. The van der Waals surface area contributed by atoms with Gasteiger partial charge in [0, 0.05) is 32.7 Å². The Labute approximate surface area is 168 Å². The van der Waals surface area contributed by atoms with Gasteiger partial charge in [0.05, 0.1) is 15.7 Å². The Morgan fingerprint density at radius 1 is 0.963 bits per heavy atom. The van der Waals surface area contributed by atoms with Crippen LogP contribution in [0.2, 0.25) is 10.0 Å². The molecule has 0 radical (unpaired) electrons. The van der Waals surface area contributed by atoms with E-state index in [0.717, 1.165) is 57.8 Å². The van der Waals surface area contributed by atoms with Crippen LogP contribution in [-0.2, 0) is 0 Å². The lowest BCUT2D eigenvalue weighted by atomic mass is 10.2. The number of halogens is 2. The quantitative estimate of drug-likeness (QED) is 0.596. The number of anilines is 4. The number of nitrogens with two attached hydrogens (primary N) is 2. The fourth-order valence-electron chi connectivity index (χ4n) is 3.10. The number of rotatable bonds is 7. The van der Waals surface area contributed by atoms with Gasteiger partial charge in [0.25, 0.3) is 0 Å². The highest BCUT2D eigenvalue weighted by Gasteiger charge is 2.19. The van der Waals surface area contributed by atoms with Crippen molar-refractivity contribution in [3.05, 3.63) is 28.2 Å². The molecule has 146 valence electrons. The largest absolute Gasteiger partial charge is 0.368 e. The molecule has 1 aliphatic heterocycles. The molecule has 0 spiro atoms. The first-order chi connectivity index (χ1) is 13.0. The number of aromatic nitrogens is 3. The van der Waals surface area contributed by atoms with Crippen molar-refractivity contribution in [1.29, 1.82) is 0 Å². The molecule has 2 heterocycles. The van der Waals surface area contributed by atoms with E-state index in [1.54, 1.807) is 0 Å². The lowest BCUT2D eigenvalue weighted by molar-refractivity contribution is 0.254. The molecule has 1 aromatic carbocycles. The van der Waals surface area contributed by atoms with Gasteiger partial charge in [0.2, 0.25) is 17.8 Å². The topological polar surface area (TPSA) is 109 Å². The molecule has 3 rings (SSSR count). The summed E-state index contributed by atoms with van der Waals surface area (Å²) in [6.45, 7) is 5.73. The Morgan fingerprint density at radius 2 is 1.67 bits per heavy atom. The average molecular weight is 411 g/mol. The molecule has 1 fully saturated rings. The highest BCUT2D eigenvalue weighted by atomic mass is 35.5. The Balaban J connectivity index is 1.35. The number of unbranched alkanes of at least 4 members (excludes halogenated alkanes) is 1. The minimum absolute atomic E-state index is 0.127. The molecule has 1 aromatic heterocycles. The van der Waals surface area contributed by atoms with Crippen molar-refractivity contribution in [2.45, 2.75) is 12.8 Å². The van der Waals surface area contributed by atoms with Gasteiger partial charge in [0.1, 0.15) is 0 Å². The smallest absolute Gasteiger partial charge is 0.229 e. The predicted octanol–water partition coefficient (Wildman–Crippen LogP) is 2.36. The molecule has 0 saturated carbocycles. The van der Waals surface area contributed by atoms with Crippen LogP contribution < -0.4 is 21.7 Å². The zero-order valence-electron chi connectivity index (χ0n) is 15.0. The molecule has 0 bridgehead atoms. The van der Waals surface area contributed by atoms with Crippen molar-refractivity contribution in [2.24, 2.45) is 0 Å². The highest BCUT2D eigenvalue weighted by Crippen LogP contribution is 2.32. The van der Waals surface area contributed by atoms with Gasteiger partial charge in [-0.1, -0.05) is 29.3 Å². The summed E-state index contributed by atoms with van der Waals surface area (Å²) in [5.74, 6) is 0.678. The summed E-state index contributed by atoms with van der Waals surface area (Å²) in [6.07, 6.45) is 2.09. The maximum atomic E-state index is 6.33. The maximum Gasteiger partial charge on any atom is 0.229 e.